The van der Waals surface area contributed by atoms with Crippen molar-refractivity contribution in [1.82, 2.24) is 5.32 Å². The van der Waals surface area contributed by atoms with Gasteiger partial charge in [0.1, 0.15) is 0 Å². The Morgan fingerprint density at radius 3 is 2.34 bits per heavy atom. The number of nitrogens with one attached hydrogen (secondary N) is 4. The van der Waals surface area contributed by atoms with E-state index < -0.39 is 0 Å². The van der Waals surface area contributed by atoms with Crippen molar-refractivity contribution in [1.29, 1.82) is 0 Å². The number of carbonyl (C=O) groups excluding carboxylic acids is 3. The summed E-state index contributed by atoms with van der Waals surface area (Å²) >= 11 is 0. The Morgan fingerprint density at radius 1 is 0.931 bits per heavy atom. The summed E-state index contributed by atoms with van der Waals surface area (Å²) in [5.41, 5.74) is 2.35. The Bertz CT molecular complexity index is 854. The standard InChI is InChI=1S/C21H26N4O4/c1-15(26)24-19-9-4-7-17(13-19)23-14-20(27)25-18-8-3-6-16(12-18)21(28)22-10-5-11-29-2/h3-4,6-9,12-13,23H,5,10-11,14H2,1-2H3,(H,22,28)(H,24,26)(H,25,27). The van der Waals surface area contributed by atoms with Crippen LogP contribution in [-0.2, 0) is 14.3 Å². The van der Waals surface area contributed by atoms with Gasteiger partial charge in [-0.15, -0.1) is 0 Å². The van der Waals surface area contributed by atoms with Gasteiger partial charge in [0.2, 0.25) is 11.8 Å². The zero-order valence-corrected chi connectivity index (χ0v) is 16.6. The van der Waals surface area contributed by atoms with Crippen LogP contribution >= 0.6 is 0 Å². The molecule has 2 aromatic carbocycles. The molecule has 4 N–H and O–H groups in total. The molecule has 8 heteroatoms. The average Bonchev–Trinajstić information content (AvgIpc) is 2.69. The number of carbonyl (C=O) groups is 3. The van der Waals surface area contributed by atoms with E-state index in [9.17, 15) is 14.4 Å². The van der Waals surface area contributed by atoms with E-state index in [0.29, 0.717) is 35.8 Å². The fourth-order valence-corrected chi connectivity index (χ4v) is 2.56. The Morgan fingerprint density at radius 2 is 1.62 bits per heavy atom. The minimum absolute atomic E-state index is 0.0387. The van der Waals surface area contributed by atoms with Crippen LogP contribution in [0.5, 0.6) is 0 Å². The van der Waals surface area contributed by atoms with Crippen molar-refractivity contribution >= 4 is 34.8 Å². The molecule has 0 aromatic heterocycles. The largest absolute Gasteiger partial charge is 0.385 e. The van der Waals surface area contributed by atoms with Crippen molar-refractivity contribution in [3.63, 3.8) is 0 Å². The number of anilines is 3. The Hall–Kier alpha value is -3.39. The number of benzene rings is 2. The summed E-state index contributed by atoms with van der Waals surface area (Å²) in [6.45, 7) is 2.57. The monoisotopic (exact) mass is 398 g/mol. The number of amides is 3. The summed E-state index contributed by atoms with van der Waals surface area (Å²) in [5.74, 6) is -0.625. The third-order valence-electron chi connectivity index (χ3n) is 3.86. The molecule has 0 unspecified atom stereocenters. The van der Waals surface area contributed by atoms with Gasteiger partial charge in [0.25, 0.3) is 5.91 Å². The van der Waals surface area contributed by atoms with E-state index in [1.165, 1.54) is 6.92 Å². The first-order chi connectivity index (χ1) is 14.0. The molecular formula is C21H26N4O4. The maximum atomic E-state index is 12.2. The highest BCUT2D eigenvalue weighted by molar-refractivity contribution is 5.98. The van der Waals surface area contributed by atoms with Crippen molar-refractivity contribution in [3.8, 4) is 0 Å². The van der Waals surface area contributed by atoms with Crippen molar-refractivity contribution in [2.45, 2.75) is 13.3 Å². The van der Waals surface area contributed by atoms with Crippen molar-refractivity contribution in [3.05, 3.63) is 54.1 Å². The molecule has 3 amide bonds. The zero-order chi connectivity index (χ0) is 21.1. The van der Waals surface area contributed by atoms with E-state index in [1.807, 2.05) is 0 Å². The van der Waals surface area contributed by atoms with E-state index in [1.54, 1.807) is 55.6 Å². The van der Waals surface area contributed by atoms with Crippen LogP contribution in [-0.4, -0.2) is 44.5 Å². The molecule has 2 rings (SSSR count). The summed E-state index contributed by atoms with van der Waals surface area (Å²) in [4.78, 5) is 35.5. The van der Waals surface area contributed by atoms with Crippen LogP contribution in [0.1, 0.15) is 23.7 Å². The predicted octanol–water partition coefficient (Wildman–Crippen LogP) is 2.46. The first-order valence-electron chi connectivity index (χ1n) is 9.26. The third-order valence-corrected chi connectivity index (χ3v) is 3.86. The number of hydrogen-bond acceptors (Lipinski definition) is 5. The van der Waals surface area contributed by atoms with Crippen molar-refractivity contribution in [2.24, 2.45) is 0 Å². The average molecular weight is 398 g/mol. The molecule has 0 saturated carbocycles. The van der Waals surface area contributed by atoms with Gasteiger partial charge >= 0.3 is 0 Å². The molecule has 0 heterocycles. The first-order valence-corrected chi connectivity index (χ1v) is 9.26. The Balaban J connectivity index is 1.86. The summed E-state index contributed by atoms with van der Waals surface area (Å²) in [6.07, 6.45) is 0.730. The van der Waals surface area contributed by atoms with Crippen molar-refractivity contribution in [2.75, 3.05) is 42.8 Å². The second-order valence-corrected chi connectivity index (χ2v) is 6.35. The summed E-state index contributed by atoms with van der Waals surface area (Å²) in [5, 5.41) is 11.3. The second-order valence-electron chi connectivity index (χ2n) is 6.35. The lowest BCUT2D eigenvalue weighted by Crippen LogP contribution is -2.25. The summed E-state index contributed by atoms with van der Waals surface area (Å²) in [7, 11) is 1.61. The van der Waals surface area contributed by atoms with Crippen LogP contribution in [0.3, 0.4) is 0 Å². The van der Waals surface area contributed by atoms with E-state index in [4.69, 9.17) is 4.74 Å². The van der Waals surface area contributed by atoms with E-state index in [0.717, 1.165) is 6.42 Å². The number of rotatable bonds is 10. The van der Waals surface area contributed by atoms with Crippen LogP contribution in [0, 0.1) is 0 Å². The molecule has 0 aliphatic rings. The number of methoxy groups -OCH3 is 1. The molecule has 0 atom stereocenters. The number of ether oxygens (including phenoxy) is 1. The highest BCUT2D eigenvalue weighted by atomic mass is 16.5. The maximum absolute atomic E-state index is 12.2. The molecule has 0 fully saturated rings. The lowest BCUT2D eigenvalue weighted by Gasteiger charge is -2.10. The van der Waals surface area contributed by atoms with Gasteiger partial charge in [0.15, 0.2) is 0 Å². The van der Waals surface area contributed by atoms with Crippen LogP contribution in [0.2, 0.25) is 0 Å². The van der Waals surface area contributed by atoms with Crippen LogP contribution < -0.4 is 21.3 Å². The molecule has 8 nitrogen and oxygen atoms in total. The lowest BCUT2D eigenvalue weighted by atomic mass is 10.2. The van der Waals surface area contributed by atoms with Crippen LogP contribution in [0.4, 0.5) is 17.1 Å². The Labute approximate surface area is 170 Å². The fraction of sp³-hybridized carbons (Fsp3) is 0.286. The first kappa shape index (κ1) is 21.9. The molecule has 154 valence electrons. The highest BCUT2D eigenvalue weighted by Gasteiger charge is 2.08. The quantitative estimate of drug-likeness (QED) is 0.460. The number of hydrogen-bond donors (Lipinski definition) is 4. The predicted molar refractivity (Wildman–Crippen MR) is 113 cm³/mol. The normalized spacial score (nSPS) is 10.1. The smallest absolute Gasteiger partial charge is 0.251 e. The Kier molecular flexibility index (Phi) is 8.65. The van der Waals surface area contributed by atoms with Gasteiger partial charge < -0.3 is 26.0 Å². The molecule has 29 heavy (non-hydrogen) atoms. The highest BCUT2D eigenvalue weighted by Crippen LogP contribution is 2.15. The van der Waals surface area contributed by atoms with Gasteiger partial charge in [-0.1, -0.05) is 12.1 Å². The van der Waals surface area contributed by atoms with E-state index >= 15 is 0 Å². The van der Waals surface area contributed by atoms with E-state index in [-0.39, 0.29) is 24.3 Å². The molecule has 0 bridgehead atoms. The minimum atomic E-state index is -0.257. The molecule has 2 aromatic rings. The summed E-state index contributed by atoms with van der Waals surface area (Å²) in [6, 6.07) is 13.8. The topological polar surface area (TPSA) is 109 Å². The molecule has 0 radical (unpaired) electrons. The van der Waals surface area contributed by atoms with E-state index in [2.05, 4.69) is 21.3 Å². The van der Waals surface area contributed by atoms with Gasteiger partial charge in [0, 0.05) is 49.8 Å². The van der Waals surface area contributed by atoms with Crippen molar-refractivity contribution < 1.29 is 19.1 Å². The van der Waals surface area contributed by atoms with Gasteiger partial charge in [-0.2, -0.15) is 0 Å². The van der Waals surface area contributed by atoms with Crippen LogP contribution in [0.25, 0.3) is 0 Å². The SMILES string of the molecule is COCCCNC(=O)c1cccc(NC(=O)CNc2cccc(NC(C)=O)c2)c1. The molecule has 0 spiro atoms. The molecular weight excluding hydrogens is 372 g/mol. The maximum Gasteiger partial charge on any atom is 0.251 e. The zero-order valence-electron chi connectivity index (χ0n) is 16.6. The minimum Gasteiger partial charge on any atom is -0.385 e. The van der Waals surface area contributed by atoms with Gasteiger partial charge in [-0.05, 0) is 42.8 Å². The van der Waals surface area contributed by atoms with Gasteiger partial charge in [-0.3, -0.25) is 14.4 Å². The van der Waals surface area contributed by atoms with Crippen LogP contribution in [0.15, 0.2) is 48.5 Å². The second kappa shape index (κ2) is 11.5. The van der Waals surface area contributed by atoms with Gasteiger partial charge in [-0.25, -0.2) is 0 Å². The molecule has 0 aliphatic carbocycles. The summed E-state index contributed by atoms with van der Waals surface area (Å²) < 4.78 is 4.95. The third kappa shape index (κ3) is 8.02. The lowest BCUT2D eigenvalue weighted by molar-refractivity contribution is -0.115. The fourth-order valence-electron chi connectivity index (χ4n) is 2.56. The molecule has 0 saturated heterocycles. The molecule has 0 aliphatic heterocycles. The van der Waals surface area contributed by atoms with Gasteiger partial charge in [0.05, 0.1) is 6.54 Å².